The number of para-hydroxylation sites is 1. The van der Waals surface area contributed by atoms with Crippen LogP contribution in [0.1, 0.15) is 15.2 Å². The first-order chi connectivity index (χ1) is 11.6. The lowest BCUT2D eigenvalue weighted by Crippen LogP contribution is -2.11. The second-order valence-electron chi connectivity index (χ2n) is 5.33. The van der Waals surface area contributed by atoms with E-state index in [0.29, 0.717) is 9.90 Å². The summed E-state index contributed by atoms with van der Waals surface area (Å²) in [4.78, 5) is 15.2. The molecule has 0 unspecified atom stereocenters. The van der Waals surface area contributed by atoms with Gasteiger partial charge in [0.2, 0.25) is 0 Å². The molecule has 0 spiro atoms. The van der Waals surface area contributed by atoms with Crippen molar-refractivity contribution in [3.8, 4) is 10.4 Å². The lowest BCUT2D eigenvalue weighted by Gasteiger charge is -2.15. The topological polar surface area (TPSA) is 29.1 Å². The number of benzene rings is 2. The molecule has 2 nitrogen and oxygen atoms in total. The molecule has 0 aliphatic carbocycles. The van der Waals surface area contributed by atoms with Gasteiger partial charge in [0, 0.05) is 26.1 Å². The summed E-state index contributed by atoms with van der Waals surface area (Å²) in [7, 11) is 0. The highest BCUT2D eigenvalue weighted by molar-refractivity contribution is 7.98. The van der Waals surface area contributed by atoms with E-state index >= 15 is 0 Å². The molecule has 0 bridgehead atoms. The van der Waals surface area contributed by atoms with Gasteiger partial charge in [0.1, 0.15) is 5.82 Å². The molecule has 0 radical (unpaired) electrons. The summed E-state index contributed by atoms with van der Waals surface area (Å²) in [6.45, 7) is 0. The summed E-state index contributed by atoms with van der Waals surface area (Å²) < 4.78 is 13.7. The monoisotopic (exact) mass is 375 g/mol. The zero-order chi connectivity index (χ0) is 16.7. The van der Waals surface area contributed by atoms with Gasteiger partial charge < -0.3 is 5.32 Å². The number of rotatable bonds is 2. The number of hydrogen-bond acceptors (Lipinski definition) is 3. The Morgan fingerprint density at radius 2 is 2.00 bits per heavy atom. The van der Waals surface area contributed by atoms with Crippen molar-refractivity contribution in [1.29, 1.82) is 0 Å². The summed E-state index contributed by atoms with van der Waals surface area (Å²) in [6, 6.07) is 13.8. The largest absolute Gasteiger partial charge is 0.319 e. The molecule has 0 atom stereocenters. The van der Waals surface area contributed by atoms with Gasteiger partial charge in [-0.1, -0.05) is 29.8 Å². The second-order valence-corrected chi connectivity index (χ2v) is 7.83. The molecule has 1 aliphatic rings. The number of fused-ring (bicyclic) bond motifs is 3. The number of thioether (sulfide) groups is 1. The molecule has 3 aromatic rings. The van der Waals surface area contributed by atoms with Crippen LogP contribution in [0.15, 0.2) is 53.4 Å². The van der Waals surface area contributed by atoms with Gasteiger partial charge in [0.15, 0.2) is 0 Å². The number of nitrogens with one attached hydrogen (secondary N) is 1. The van der Waals surface area contributed by atoms with Crippen molar-refractivity contribution in [2.24, 2.45) is 0 Å². The number of thiophene rings is 1. The van der Waals surface area contributed by atoms with Crippen LogP contribution in [-0.4, -0.2) is 5.91 Å². The molecule has 1 aliphatic heterocycles. The van der Waals surface area contributed by atoms with E-state index in [-0.39, 0.29) is 11.6 Å². The van der Waals surface area contributed by atoms with E-state index in [0.717, 1.165) is 26.7 Å². The highest BCUT2D eigenvalue weighted by atomic mass is 35.5. The fourth-order valence-corrected chi connectivity index (χ4v) is 5.16. The minimum Gasteiger partial charge on any atom is -0.319 e. The van der Waals surface area contributed by atoms with Crippen molar-refractivity contribution < 1.29 is 9.18 Å². The quantitative estimate of drug-likeness (QED) is 0.589. The number of amides is 1. The van der Waals surface area contributed by atoms with Crippen LogP contribution in [0.3, 0.4) is 0 Å². The minimum absolute atomic E-state index is 0.190. The van der Waals surface area contributed by atoms with Crippen LogP contribution in [0.2, 0.25) is 5.02 Å². The number of anilines is 1. The third-order valence-electron chi connectivity index (χ3n) is 3.73. The third-order valence-corrected chi connectivity index (χ3v) is 6.27. The Hall–Kier alpha value is -1.82. The first kappa shape index (κ1) is 15.7. The molecule has 24 heavy (non-hydrogen) atoms. The average Bonchev–Trinajstić information content (AvgIpc) is 3.01. The van der Waals surface area contributed by atoms with Crippen LogP contribution in [0, 0.1) is 5.82 Å². The SMILES string of the molecule is O=C(Nc1ccccc1F)c1cc2c(s1)-c1ccc(Cl)cc1SC2. The van der Waals surface area contributed by atoms with Crippen molar-refractivity contribution in [3.05, 3.63) is 69.8 Å². The normalized spacial score (nSPS) is 12.4. The van der Waals surface area contributed by atoms with Crippen LogP contribution in [0.4, 0.5) is 10.1 Å². The lowest BCUT2D eigenvalue weighted by atomic mass is 10.1. The fraction of sp³-hybridized carbons (Fsp3) is 0.0556. The van der Waals surface area contributed by atoms with Crippen LogP contribution < -0.4 is 5.32 Å². The number of carbonyl (C=O) groups is 1. The van der Waals surface area contributed by atoms with E-state index in [1.807, 2.05) is 24.3 Å². The first-order valence-corrected chi connectivity index (χ1v) is 9.41. The van der Waals surface area contributed by atoms with Crippen LogP contribution in [-0.2, 0) is 5.75 Å². The van der Waals surface area contributed by atoms with E-state index in [9.17, 15) is 9.18 Å². The predicted octanol–water partition coefficient (Wildman–Crippen LogP) is 6.07. The van der Waals surface area contributed by atoms with Gasteiger partial charge >= 0.3 is 0 Å². The van der Waals surface area contributed by atoms with E-state index in [1.165, 1.54) is 17.4 Å². The van der Waals surface area contributed by atoms with E-state index in [2.05, 4.69) is 5.32 Å². The predicted molar refractivity (Wildman–Crippen MR) is 98.7 cm³/mol. The second kappa shape index (κ2) is 6.24. The van der Waals surface area contributed by atoms with Crippen molar-refractivity contribution in [2.45, 2.75) is 10.6 Å². The lowest BCUT2D eigenvalue weighted by molar-refractivity contribution is 0.103. The molecule has 2 aromatic carbocycles. The molecular weight excluding hydrogens is 365 g/mol. The zero-order valence-electron chi connectivity index (χ0n) is 12.3. The smallest absolute Gasteiger partial charge is 0.265 e. The third kappa shape index (κ3) is 2.83. The number of halogens is 2. The molecule has 1 amide bonds. The van der Waals surface area contributed by atoms with E-state index in [1.54, 1.807) is 30.0 Å². The Balaban J connectivity index is 1.66. The molecule has 4 rings (SSSR count). The standard InChI is InChI=1S/C18H11ClFNOS2/c19-11-5-6-12-15(8-11)23-9-10-7-16(24-17(10)12)18(22)21-14-4-2-1-3-13(14)20/h1-8H,9H2,(H,21,22). The summed E-state index contributed by atoms with van der Waals surface area (Å²) >= 11 is 9.19. The molecule has 1 N–H and O–H groups in total. The summed E-state index contributed by atoms with van der Waals surface area (Å²) in [6.07, 6.45) is 0. The van der Waals surface area contributed by atoms with Gasteiger partial charge in [-0.25, -0.2) is 4.39 Å². The minimum atomic E-state index is -0.442. The van der Waals surface area contributed by atoms with Crippen molar-refractivity contribution >= 4 is 46.3 Å². The number of hydrogen-bond donors (Lipinski definition) is 1. The number of carbonyl (C=O) groups excluding carboxylic acids is 1. The molecule has 1 aromatic heterocycles. The van der Waals surface area contributed by atoms with Gasteiger partial charge in [-0.05, 0) is 35.9 Å². The molecule has 0 saturated heterocycles. The maximum absolute atomic E-state index is 13.7. The Morgan fingerprint density at radius 3 is 2.83 bits per heavy atom. The molecule has 0 fully saturated rings. The van der Waals surface area contributed by atoms with Crippen molar-refractivity contribution in [2.75, 3.05) is 5.32 Å². The van der Waals surface area contributed by atoms with Crippen LogP contribution >= 0.6 is 34.7 Å². The van der Waals surface area contributed by atoms with Crippen LogP contribution in [0.5, 0.6) is 0 Å². The van der Waals surface area contributed by atoms with Crippen molar-refractivity contribution in [1.82, 2.24) is 0 Å². The first-order valence-electron chi connectivity index (χ1n) is 7.23. The van der Waals surface area contributed by atoms with Gasteiger partial charge in [0.05, 0.1) is 10.6 Å². The van der Waals surface area contributed by atoms with Gasteiger partial charge in [0.25, 0.3) is 5.91 Å². The fourth-order valence-electron chi connectivity index (χ4n) is 2.58. The highest BCUT2D eigenvalue weighted by Crippen LogP contribution is 2.46. The van der Waals surface area contributed by atoms with E-state index in [4.69, 9.17) is 11.6 Å². The summed E-state index contributed by atoms with van der Waals surface area (Å²) in [5.74, 6) is 0.0642. The maximum Gasteiger partial charge on any atom is 0.265 e. The molecule has 6 heteroatoms. The Morgan fingerprint density at radius 1 is 1.17 bits per heavy atom. The molecule has 120 valence electrons. The van der Waals surface area contributed by atoms with Gasteiger partial charge in [-0.2, -0.15) is 0 Å². The van der Waals surface area contributed by atoms with E-state index < -0.39 is 5.82 Å². The van der Waals surface area contributed by atoms with Crippen molar-refractivity contribution in [3.63, 3.8) is 0 Å². The zero-order valence-corrected chi connectivity index (χ0v) is 14.7. The van der Waals surface area contributed by atoms with Crippen LogP contribution in [0.25, 0.3) is 10.4 Å². The average molecular weight is 376 g/mol. The Kier molecular flexibility index (Phi) is 4.08. The Labute approximate surface area is 151 Å². The van der Waals surface area contributed by atoms with Gasteiger partial charge in [-0.3, -0.25) is 4.79 Å². The maximum atomic E-state index is 13.7. The summed E-state index contributed by atoms with van der Waals surface area (Å²) in [5.41, 5.74) is 2.41. The van der Waals surface area contributed by atoms with Gasteiger partial charge in [-0.15, -0.1) is 23.1 Å². The molecule has 2 heterocycles. The Bertz CT molecular complexity index is 954. The molecule has 0 saturated carbocycles. The molecular formula is C18H11ClFNOS2. The highest BCUT2D eigenvalue weighted by Gasteiger charge is 2.22. The summed E-state index contributed by atoms with van der Waals surface area (Å²) in [5, 5.41) is 3.34.